The molecule has 30 heavy (non-hydrogen) atoms. The lowest BCUT2D eigenvalue weighted by Crippen LogP contribution is -2.34. The van der Waals surface area contributed by atoms with Crippen LogP contribution in [0, 0.1) is 32.6 Å². The van der Waals surface area contributed by atoms with Gasteiger partial charge in [0.15, 0.2) is 5.13 Å². The number of benzene rings is 1. The number of amides is 3. The topological polar surface area (TPSA) is 79.4 Å². The fourth-order valence-corrected chi connectivity index (χ4v) is 5.59. The minimum Gasteiger partial charge on any atom is -0.302 e. The first-order valence-electron chi connectivity index (χ1n) is 10.5. The predicted octanol–water partition coefficient (Wildman–Crippen LogP) is 4.24. The fourth-order valence-electron chi connectivity index (χ4n) is 4.88. The van der Waals surface area contributed by atoms with Crippen LogP contribution in [0.15, 0.2) is 17.5 Å². The number of aromatic nitrogens is 1. The first-order valence-corrected chi connectivity index (χ1v) is 11.4. The van der Waals surface area contributed by atoms with Crippen molar-refractivity contribution in [2.75, 3.05) is 11.9 Å². The molecule has 1 N–H and O–H groups in total. The van der Waals surface area contributed by atoms with Gasteiger partial charge in [0.25, 0.3) is 0 Å². The van der Waals surface area contributed by atoms with E-state index >= 15 is 0 Å². The number of fused-ring (bicyclic) bond motifs is 1. The Kier molecular flexibility index (Phi) is 5.73. The standard InChI is InChI=1S/C23H27N3O3S/c1-13-10-14(2)20(15(3)11-13)18-12-30-23(24-18)25-19(27)8-9-26-21(28)16-6-4-5-7-17(16)22(26)29/h10-12,16-17H,4-9H2,1-3H3,(H,24,25,27)/t16-,17-/m1/s1. The molecule has 0 unspecified atom stereocenters. The van der Waals surface area contributed by atoms with Crippen LogP contribution in [-0.4, -0.2) is 34.2 Å². The lowest BCUT2D eigenvalue weighted by atomic mass is 9.81. The number of carbonyl (C=O) groups is 3. The van der Waals surface area contributed by atoms with E-state index in [4.69, 9.17) is 0 Å². The van der Waals surface area contributed by atoms with Gasteiger partial charge in [0.1, 0.15) is 0 Å². The van der Waals surface area contributed by atoms with Gasteiger partial charge in [-0.25, -0.2) is 4.98 Å². The van der Waals surface area contributed by atoms with Crippen LogP contribution in [0.25, 0.3) is 11.3 Å². The quantitative estimate of drug-likeness (QED) is 0.727. The van der Waals surface area contributed by atoms with E-state index in [0.717, 1.165) is 48.1 Å². The van der Waals surface area contributed by atoms with Gasteiger partial charge >= 0.3 is 0 Å². The third-order valence-electron chi connectivity index (χ3n) is 6.18. The van der Waals surface area contributed by atoms with Crippen molar-refractivity contribution in [3.05, 3.63) is 34.2 Å². The molecule has 3 amide bonds. The van der Waals surface area contributed by atoms with Gasteiger partial charge in [-0.05, 0) is 44.7 Å². The highest BCUT2D eigenvalue weighted by Crippen LogP contribution is 2.38. The van der Waals surface area contributed by atoms with E-state index in [9.17, 15) is 14.4 Å². The number of likely N-dealkylation sites (tertiary alicyclic amines) is 1. The number of nitrogens with one attached hydrogen (secondary N) is 1. The number of rotatable bonds is 5. The third-order valence-corrected chi connectivity index (χ3v) is 6.94. The fraction of sp³-hybridized carbons (Fsp3) is 0.478. The van der Waals surface area contributed by atoms with Crippen LogP contribution < -0.4 is 5.32 Å². The molecule has 1 aliphatic carbocycles. The molecule has 7 heteroatoms. The smallest absolute Gasteiger partial charge is 0.233 e. The summed E-state index contributed by atoms with van der Waals surface area (Å²) < 4.78 is 0. The summed E-state index contributed by atoms with van der Waals surface area (Å²) in [6.07, 6.45) is 3.67. The van der Waals surface area contributed by atoms with Gasteiger partial charge in [0.05, 0.1) is 17.5 Å². The van der Waals surface area contributed by atoms with Crippen molar-refractivity contribution in [1.29, 1.82) is 0 Å². The summed E-state index contributed by atoms with van der Waals surface area (Å²) in [6, 6.07) is 4.25. The Labute approximate surface area is 180 Å². The number of nitrogens with zero attached hydrogens (tertiary/aromatic N) is 2. The molecule has 2 heterocycles. The summed E-state index contributed by atoms with van der Waals surface area (Å²) in [7, 11) is 0. The van der Waals surface area contributed by atoms with Crippen molar-refractivity contribution in [3.8, 4) is 11.3 Å². The molecular weight excluding hydrogens is 398 g/mol. The molecule has 1 aromatic heterocycles. The monoisotopic (exact) mass is 425 g/mol. The second kappa shape index (κ2) is 8.30. The normalized spacial score (nSPS) is 21.1. The van der Waals surface area contributed by atoms with Crippen LogP contribution in [0.2, 0.25) is 0 Å². The summed E-state index contributed by atoms with van der Waals surface area (Å²) in [6.45, 7) is 6.34. The molecular formula is C23H27N3O3S. The second-order valence-electron chi connectivity index (χ2n) is 8.44. The summed E-state index contributed by atoms with van der Waals surface area (Å²) in [5, 5.41) is 5.29. The number of thiazole rings is 1. The number of imide groups is 1. The average Bonchev–Trinajstić information content (AvgIpc) is 3.23. The van der Waals surface area contributed by atoms with Gasteiger partial charge in [-0.15, -0.1) is 11.3 Å². The van der Waals surface area contributed by atoms with Gasteiger partial charge in [0, 0.05) is 23.9 Å². The predicted molar refractivity (Wildman–Crippen MR) is 117 cm³/mol. The molecule has 1 saturated carbocycles. The van der Waals surface area contributed by atoms with Crippen molar-refractivity contribution in [1.82, 2.24) is 9.88 Å². The Balaban J connectivity index is 1.38. The van der Waals surface area contributed by atoms with E-state index in [1.165, 1.54) is 21.8 Å². The number of hydrogen-bond acceptors (Lipinski definition) is 5. The van der Waals surface area contributed by atoms with Gasteiger partial charge in [-0.2, -0.15) is 0 Å². The van der Waals surface area contributed by atoms with Crippen molar-refractivity contribution in [2.45, 2.75) is 52.9 Å². The molecule has 0 spiro atoms. The highest BCUT2D eigenvalue weighted by molar-refractivity contribution is 7.14. The molecule has 2 fully saturated rings. The van der Waals surface area contributed by atoms with Crippen LogP contribution in [0.5, 0.6) is 0 Å². The molecule has 2 aromatic rings. The average molecular weight is 426 g/mol. The zero-order valence-electron chi connectivity index (χ0n) is 17.7. The minimum absolute atomic E-state index is 0.0917. The molecule has 0 radical (unpaired) electrons. The number of anilines is 1. The summed E-state index contributed by atoms with van der Waals surface area (Å²) in [5.74, 6) is -0.768. The van der Waals surface area contributed by atoms with E-state index in [1.807, 2.05) is 5.38 Å². The molecule has 158 valence electrons. The van der Waals surface area contributed by atoms with E-state index < -0.39 is 0 Å². The van der Waals surface area contributed by atoms with Crippen molar-refractivity contribution >= 4 is 34.2 Å². The first kappa shape index (κ1) is 20.7. The SMILES string of the molecule is Cc1cc(C)c(-c2csc(NC(=O)CCN3C(=O)[C@@H]4CCCC[C@H]4C3=O)n2)c(C)c1. The maximum atomic E-state index is 12.5. The van der Waals surface area contributed by atoms with Crippen LogP contribution in [0.1, 0.15) is 48.8 Å². The van der Waals surface area contributed by atoms with Crippen LogP contribution in [-0.2, 0) is 14.4 Å². The summed E-state index contributed by atoms with van der Waals surface area (Å²) in [5.41, 5.74) is 5.46. The highest BCUT2D eigenvalue weighted by Gasteiger charge is 2.47. The van der Waals surface area contributed by atoms with E-state index in [1.54, 1.807) is 0 Å². The molecule has 1 saturated heterocycles. The maximum absolute atomic E-state index is 12.5. The van der Waals surface area contributed by atoms with Crippen LogP contribution in [0.3, 0.4) is 0 Å². The van der Waals surface area contributed by atoms with E-state index in [2.05, 4.69) is 43.2 Å². The van der Waals surface area contributed by atoms with Gasteiger partial charge in [-0.1, -0.05) is 30.5 Å². The number of carbonyl (C=O) groups excluding carboxylic acids is 3. The van der Waals surface area contributed by atoms with Gasteiger partial charge in [-0.3, -0.25) is 19.3 Å². The van der Waals surface area contributed by atoms with E-state index in [0.29, 0.717) is 5.13 Å². The molecule has 4 rings (SSSR count). The van der Waals surface area contributed by atoms with Gasteiger partial charge in [0.2, 0.25) is 17.7 Å². The largest absolute Gasteiger partial charge is 0.302 e. The number of hydrogen-bond donors (Lipinski definition) is 1. The van der Waals surface area contributed by atoms with Crippen molar-refractivity contribution in [2.24, 2.45) is 11.8 Å². The molecule has 2 atom stereocenters. The molecule has 2 aliphatic rings. The first-order chi connectivity index (χ1) is 14.3. The Morgan fingerprint density at radius 1 is 1.10 bits per heavy atom. The molecule has 1 aliphatic heterocycles. The summed E-state index contributed by atoms with van der Waals surface area (Å²) >= 11 is 1.38. The zero-order chi connectivity index (χ0) is 21.4. The van der Waals surface area contributed by atoms with Crippen LogP contribution >= 0.6 is 11.3 Å². The lowest BCUT2D eigenvalue weighted by molar-refractivity contribution is -0.140. The second-order valence-corrected chi connectivity index (χ2v) is 9.29. The van der Waals surface area contributed by atoms with Crippen molar-refractivity contribution in [3.63, 3.8) is 0 Å². The van der Waals surface area contributed by atoms with Gasteiger partial charge < -0.3 is 5.32 Å². The molecule has 1 aromatic carbocycles. The molecule has 6 nitrogen and oxygen atoms in total. The summed E-state index contributed by atoms with van der Waals surface area (Å²) in [4.78, 5) is 43.4. The number of aryl methyl sites for hydroxylation is 3. The third kappa shape index (κ3) is 3.90. The Morgan fingerprint density at radius 2 is 1.70 bits per heavy atom. The van der Waals surface area contributed by atoms with E-state index in [-0.39, 0.29) is 42.5 Å². The minimum atomic E-state index is -0.233. The highest BCUT2D eigenvalue weighted by atomic mass is 32.1. The van der Waals surface area contributed by atoms with Crippen molar-refractivity contribution < 1.29 is 14.4 Å². The van der Waals surface area contributed by atoms with Crippen LogP contribution in [0.4, 0.5) is 5.13 Å². The Morgan fingerprint density at radius 3 is 2.30 bits per heavy atom. The zero-order valence-corrected chi connectivity index (χ0v) is 18.5. The Hall–Kier alpha value is -2.54. The maximum Gasteiger partial charge on any atom is 0.233 e. The molecule has 0 bridgehead atoms. The lowest BCUT2D eigenvalue weighted by Gasteiger charge is -2.19. The Bertz CT molecular complexity index is 966.